The lowest BCUT2D eigenvalue weighted by Crippen LogP contribution is -1.91. The third-order valence-electron chi connectivity index (χ3n) is 2.11. The van der Waals surface area contributed by atoms with Gasteiger partial charge in [-0.15, -0.1) is 11.3 Å². The Morgan fingerprint density at radius 3 is 2.81 bits per heavy atom. The summed E-state index contributed by atoms with van der Waals surface area (Å²) < 4.78 is 14.3. The van der Waals surface area contributed by atoms with Crippen LogP contribution in [0.1, 0.15) is 18.7 Å². The molecule has 0 aliphatic heterocycles. The summed E-state index contributed by atoms with van der Waals surface area (Å²) in [5.74, 6) is -0.319. The number of hydrogen-bond acceptors (Lipinski definition) is 3. The fraction of sp³-hybridized carbons (Fsp3) is 0.182. The van der Waals surface area contributed by atoms with Crippen molar-refractivity contribution in [3.8, 4) is 10.6 Å². The van der Waals surface area contributed by atoms with E-state index in [-0.39, 0.29) is 5.82 Å². The molecule has 0 aliphatic rings. The highest BCUT2D eigenvalue weighted by atomic mass is 79.9. The number of hydrogen-bond donors (Lipinski definition) is 1. The van der Waals surface area contributed by atoms with Crippen LogP contribution in [0, 0.1) is 5.82 Å². The molecule has 1 atom stereocenters. The van der Waals surface area contributed by atoms with Crippen molar-refractivity contribution < 1.29 is 9.50 Å². The quantitative estimate of drug-likeness (QED) is 0.916. The van der Waals surface area contributed by atoms with Crippen molar-refractivity contribution >= 4 is 27.3 Å². The molecule has 2 aromatic rings. The highest BCUT2D eigenvalue weighted by Gasteiger charge is 2.12. The summed E-state index contributed by atoms with van der Waals surface area (Å²) in [5.41, 5.74) is 1.03. The molecule has 2 nitrogen and oxygen atoms in total. The van der Waals surface area contributed by atoms with Crippen molar-refractivity contribution in [1.82, 2.24) is 4.98 Å². The van der Waals surface area contributed by atoms with Crippen LogP contribution in [0.5, 0.6) is 0 Å². The lowest BCUT2D eigenvalue weighted by Gasteiger charge is -2.00. The van der Waals surface area contributed by atoms with E-state index in [1.165, 1.54) is 17.4 Å². The first-order valence-electron chi connectivity index (χ1n) is 4.67. The van der Waals surface area contributed by atoms with E-state index in [1.54, 1.807) is 24.4 Å². The zero-order chi connectivity index (χ0) is 11.7. The van der Waals surface area contributed by atoms with E-state index in [9.17, 15) is 9.50 Å². The van der Waals surface area contributed by atoms with E-state index in [0.29, 0.717) is 20.7 Å². The summed E-state index contributed by atoms with van der Waals surface area (Å²) in [5, 5.41) is 11.7. The summed E-state index contributed by atoms with van der Waals surface area (Å²) in [6.07, 6.45) is -0.622. The third kappa shape index (κ3) is 2.31. The first-order valence-corrected chi connectivity index (χ1v) is 6.34. The number of benzene rings is 1. The van der Waals surface area contributed by atoms with Crippen LogP contribution in [0.25, 0.3) is 10.6 Å². The van der Waals surface area contributed by atoms with Crippen LogP contribution >= 0.6 is 27.3 Å². The van der Waals surface area contributed by atoms with Crippen LogP contribution in [0.15, 0.2) is 28.1 Å². The van der Waals surface area contributed by atoms with E-state index in [2.05, 4.69) is 20.9 Å². The maximum absolute atomic E-state index is 13.6. The van der Waals surface area contributed by atoms with Gasteiger partial charge in [0.25, 0.3) is 0 Å². The van der Waals surface area contributed by atoms with Crippen molar-refractivity contribution in [3.63, 3.8) is 0 Å². The molecule has 0 fully saturated rings. The predicted octanol–water partition coefficient (Wildman–Crippen LogP) is 3.77. The first kappa shape index (κ1) is 11.7. The van der Waals surface area contributed by atoms with Crippen molar-refractivity contribution in [1.29, 1.82) is 0 Å². The van der Waals surface area contributed by atoms with Crippen molar-refractivity contribution in [2.45, 2.75) is 13.0 Å². The minimum Gasteiger partial charge on any atom is -0.387 e. The largest absolute Gasteiger partial charge is 0.387 e. The van der Waals surface area contributed by atoms with Crippen molar-refractivity contribution in [3.05, 3.63) is 39.6 Å². The van der Waals surface area contributed by atoms with Crippen LogP contribution < -0.4 is 0 Å². The Kier molecular flexibility index (Phi) is 3.37. The molecule has 0 amide bonds. The maximum atomic E-state index is 13.6. The average molecular weight is 302 g/mol. The van der Waals surface area contributed by atoms with Gasteiger partial charge in [-0.25, -0.2) is 9.37 Å². The molecule has 16 heavy (non-hydrogen) atoms. The molecule has 0 aliphatic carbocycles. The van der Waals surface area contributed by atoms with Gasteiger partial charge in [-0.3, -0.25) is 0 Å². The van der Waals surface area contributed by atoms with Crippen molar-refractivity contribution in [2.24, 2.45) is 0 Å². The van der Waals surface area contributed by atoms with Crippen LogP contribution in [0.2, 0.25) is 0 Å². The van der Waals surface area contributed by atoms with E-state index in [0.717, 1.165) is 0 Å². The molecule has 0 bridgehead atoms. The molecule has 1 aromatic heterocycles. The number of aromatic nitrogens is 1. The summed E-state index contributed by atoms with van der Waals surface area (Å²) in [7, 11) is 0. The van der Waals surface area contributed by atoms with E-state index < -0.39 is 6.10 Å². The highest BCUT2D eigenvalue weighted by molar-refractivity contribution is 9.10. The molecular formula is C11H9BrFNOS. The number of nitrogens with zero attached hydrogens (tertiary/aromatic N) is 1. The fourth-order valence-corrected chi connectivity index (χ4v) is 2.53. The Labute approximate surface area is 105 Å². The molecular weight excluding hydrogens is 293 g/mol. The first-order chi connectivity index (χ1) is 7.58. The van der Waals surface area contributed by atoms with Gasteiger partial charge in [0.05, 0.1) is 11.8 Å². The second-order valence-corrected chi connectivity index (χ2v) is 5.15. The Hall–Kier alpha value is -0.780. The Morgan fingerprint density at radius 2 is 2.25 bits per heavy atom. The minimum absolute atomic E-state index is 0.319. The molecule has 0 radical (unpaired) electrons. The zero-order valence-corrected chi connectivity index (χ0v) is 10.8. The predicted molar refractivity (Wildman–Crippen MR) is 65.8 cm³/mol. The van der Waals surface area contributed by atoms with Gasteiger partial charge in [0.2, 0.25) is 0 Å². The zero-order valence-electron chi connectivity index (χ0n) is 8.45. The second kappa shape index (κ2) is 4.61. The molecule has 5 heteroatoms. The number of halogens is 2. The lowest BCUT2D eigenvalue weighted by molar-refractivity contribution is 0.195. The van der Waals surface area contributed by atoms with Crippen LogP contribution in [-0.2, 0) is 0 Å². The minimum atomic E-state index is -0.622. The molecule has 1 N–H and O–H groups in total. The number of aliphatic hydroxyl groups excluding tert-OH is 1. The fourth-order valence-electron chi connectivity index (χ4n) is 1.26. The monoisotopic (exact) mass is 301 g/mol. The number of aliphatic hydroxyl groups is 1. The molecule has 1 unspecified atom stereocenters. The van der Waals surface area contributed by atoms with Crippen LogP contribution in [-0.4, -0.2) is 10.1 Å². The topological polar surface area (TPSA) is 33.1 Å². The van der Waals surface area contributed by atoms with Gasteiger partial charge in [-0.1, -0.05) is 15.9 Å². The summed E-state index contributed by atoms with van der Waals surface area (Å²) in [6.45, 7) is 1.64. The molecule has 84 valence electrons. The maximum Gasteiger partial charge on any atom is 0.134 e. The molecule has 2 rings (SSSR count). The Morgan fingerprint density at radius 1 is 1.50 bits per heavy atom. The van der Waals surface area contributed by atoms with Gasteiger partial charge in [-0.2, -0.15) is 0 Å². The van der Waals surface area contributed by atoms with Crippen LogP contribution in [0.3, 0.4) is 0 Å². The number of rotatable bonds is 2. The van der Waals surface area contributed by atoms with Gasteiger partial charge in [0.1, 0.15) is 10.8 Å². The van der Waals surface area contributed by atoms with E-state index in [4.69, 9.17) is 0 Å². The Bertz CT molecular complexity index is 512. The smallest absolute Gasteiger partial charge is 0.134 e. The normalized spacial score (nSPS) is 12.8. The number of thiazole rings is 1. The van der Waals surface area contributed by atoms with Crippen molar-refractivity contribution in [2.75, 3.05) is 0 Å². The van der Waals surface area contributed by atoms with Crippen LogP contribution in [0.4, 0.5) is 4.39 Å². The standard InChI is InChI=1S/C11H9BrFNOS/c1-6(15)10-5-16-11(14-10)8-3-2-7(12)4-9(8)13/h2-6,15H,1H3. The average Bonchev–Trinajstić information content (AvgIpc) is 2.66. The third-order valence-corrected chi connectivity index (χ3v) is 3.50. The molecule has 0 saturated carbocycles. The molecule has 1 heterocycles. The van der Waals surface area contributed by atoms with Gasteiger partial charge in [0.15, 0.2) is 0 Å². The van der Waals surface area contributed by atoms with Gasteiger partial charge in [0, 0.05) is 15.4 Å². The molecule has 0 saturated heterocycles. The van der Waals surface area contributed by atoms with Gasteiger partial charge < -0.3 is 5.11 Å². The summed E-state index contributed by atoms with van der Waals surface area (Å²) in [6, 6.07) is 4.84. The highest BCUT2D eigenvalue weighted by Crippen LogP contribution is 2.29. The molecule has 0 spiro atoms. The SMILES string of the molecule is CC(O)c1csc(-c2ccc(Br)cc2F)n1. The molecule has 1 aromatic carbocycles. The Balaban J connectivity index is 2.42. The lowest BCUT2D eigenvalue weighted by atomic mass is 10.2. The van der Waals surface area contributed by atoms with E-state index in [1.807, 2.05) is 0 Å². The van der Waals surface area contributed by atoms with Gasteiger partial charge >= 0.3 is 0 Å². The van der Waals surface area contributed by atoms with E-state index >= 15 is 0 Å². The van der Waals surface area contributed by atoms with Gasteiger partial charge in [-0.05, 0) is 25.1 Å². The summed E-state index contributed by atoms with van der Waals surface area (Å²) in [4.78, 5) is 4.18. The summed E-state index contributed by atoms with van der Waals surface area (Å²) >= 11 is 4.52. The second-order valence-electron chi connectivity index (χ2n) is 3.38.